The number of benzene rings is 3. The van der Waals surface area contributed by atoms with Crippen LogP contribution in [0.5, 0.6) is 0 Å². The lowest BCUT2D eigenvalue weighted by atomic mass is 10.1. The van der Waals surface area contributed by atoms with Crippen molar-refractivity contribution < 1.29 is 24.1 Å². The van der Waals surface area contributed by atoms with Crippen LogP contribution in [-0.2, 0) is 20.5 Å². The van der Waals surface area contributed by atoms with Crippen LogP contribution >= 0.6 is 11.8 Å². The lowest BCUT2D eigenvalue weighted by Gasteiger charge is -2.43. The summed E-state index contributed by atoms with van der Waals surface area (Å²) in [7, 11) is -2.82. The molecule has 4 rings (SSSR count). The van der Waals surface area contributed by atoms with Crippen molar-refractivity contribution in [3.05, 3.63) is 96.6 Å². The van der Waals surface area contributed by atoms with Gasteiger partial charge in [0, 0.05) is 0 Å². The first-order chi connectivity index (χ1) is 18.3. The summed E-state index contributed by atoms with van der Waals surface area (Å²) < 4.78 is 19.8. The molecule has 0 spiro atoms. The van der Waals surface area contributed by atoms with Gasteiger partial charge in [0.1, 0.15) is 18.3 Å². The first-order valence-electron chi connectivity index (χ1n) is 13.3. The molecule has 1 aliphatic heterocycles. The molecule has 3 aromatic carbocycles. The summed E-state index contributed by atoms with van der Waals surface area (Å²) in [6, 6.07) is 30.7. The number of ether oxygens (including phenoxy) is 2. The fourth-order valence-electron chi connectivity index (χ4n) is 5.47. The number of hydrogen-bond acceptors (Lipinski definition) is 6. The lowest BCUT2D eigenvalue weighted by Crippen LogP contribution is -2.67. The molecular weight excluding hydrogens is 512 g/mol. The largest absolute Gasteiger partial charge is 0.405 e. The van der Waals surface area contributed by atoms with Crippen molar-refractivity contribution in [2.75, 3.05) is 19.0 Å². The molecule has 4 atom stereocenters. The Balaban J connectivity index is 1.65. The highest BCUT2D eigenvalue weighted by Crippen LogP contribution is 2.43. The molecule has 1 heterocycles. The Bertz CT molecular complexity index is 1090. The average Bonchev–Trinajstić information content (AvgIpc) is 3.19. The monoisotopic (exact) mass is 552 g/mol. The van der Waals surface area contributed by atoms with Crippen molar-refractivity contribution in [3.63, 3.8) is 0 Å². The van der Waals surface area contributed by atoms with Crippen molar-refractivity contribution in [2.24, 2.45) is 0 Å². The van der Waals surface area contributed by atoms with Crippen LogP contribution in [0, 0.1) is 0 Å². The van der Waals surface area contributed by atoms with Crippen LogP contribution in [0.3, 0.4) is 0 Å². The second-order valence-corrected chi connectivity index (χ2v) is 16.6. The van der Waals surface area contributed by atoms with Gasteiger partial charge in [-0.05, 0) is 26.7 Å². The highest BCUT2D eigenvalue weighted by Gasteiger charge is 2.57. The molecule has 0 bridgehead atoms. The smallest absolute Gasteiger partial charge is 0.261 e. The molecule has 204 valence electrons. The zero-order valence-electron chi connectivity index (χ0n) is 22.7. The van der Waals surface area contributed by atoms with Gasteiger partial charge in [-0.3, -0.25) is 0 Å². The standard InChI is InChI=1S/C31H40O5SSi/c1-5-37-31(23-32)29(34-21-24-15-9-6-10-16-24)28(33)27(36-31)22-35-38(30(2,3)4,25-17-11-7-12-18-25)26-19-13-8-14-20-26/h6-20,27-29,32-33H,5,21-23H2,1-4H3/t27-,28-,29+,31+/m1/s1. The van der Waals surface area contributed by atoms with Crippen LogP contribution in [0.1, 0.15) is 33.3 Å². The molecular formula is C31H40O5SSi. The molecule has 7 heteroatoms. The van der Waals surface area contributed by atoms with Crippen molar-refractivity contribution in [2.45, 2.75) is 62.6 Å². The van der Waals surface area contributed by atoms with Crippen molar-refractivity contribution in [1.82, 2.24) is 0 Å². The first-order valence-corrected chi connectivity index (χ1v) is 16.2. The van der Waals surface area contributed by atoms with Gasteiger partial charge in [-0.1, -0.05) is 119 Å². The molecule has 1 fully saturated rings. The number of aliphatic hydroxyl groups excluding tert-OH is 2. The normalized spacial score (nSPS) is 24.0. The van der Waals surface area contributed by atoms with Gasteiger partial charge in [-0.2, -0.15) is 0 Å². The maximum absolute atomic E-state index is 11.5. The molecule has 5 nitrogen and oxygen atoms in total. The van der Waals surface area contributed by atoms with Gasteiger partial charge in [-0.15, -0.1) is 11.8 Å². The van der Waals surface area contributed by atoms with Crippen LogP contribution in [-0.4, -0.2) is 60.7 Å². The van der Waals surface area contributed by atoms with Crippen LogP contribution in [0.2, 0.25) is 5.04 Å². The molecule has 38 heavy (non-hydrogen) atoms. The topological polar surface area (TPSA) is 68.2 Å². The molecule has 0 saturated carbocycles. The minimum Gasteiger partial charge on any atom is -0.405 e. The molecule has 0 radical (unpaired) electrons. The zero-order chi connectivity index (χ0) is 27.2. The third kappa shape index (κ3) is 5.80. The van der Waals surface area contributed by atoms with Gasteiger partial charge in [0.15, 0.2) is 4.93 Å². The maximum Gasteiger partial charge on any atom is 0.261 e. The van der Waals surface area contributed by atoms with E-state index in [-0.39, 0.29) is 18.3 Å². The van der Waals surface area contributed by atoms with Crippen LogP contribution in [0.25, 0.3) is 0 Å². The minimum atomic E-state index is -2.82. The Labute approximate surface area is 232 Å². The van der Waals surface area contributed by atoms with E-state index in [9.17, 15) is 10.2 Å². The summed E-state index contributed by atoms with van der Waals surface area (Å²) in [5, 5.41) is 24.1. The van der Waals surface area contributed by atoms with Gasteiger partial charge in [-0.25, -0.2) is 0 Å². The Kier molecular flexibility index (Phi) is 9.52. The number of aliphatic hydroxyl groups is 2. The zero-order valence-corrected chi connectivity index (χ0v) is 24.6. The molecule has 2 N–H and O–H groups in total. The van der Waals surface area contributed by atoms with Gasteiger partial charge in [0.25, 0.3) is 8.32 Å². The third-order valence-electron chi connectivity index (χ3n) is 7.24. The van der Waals surface area contributed by atoms with E-state index in [4.69, 9.17) is 13.9 Å². The van der Waals surface area contributed by atoms with E-state index >= 15 is 0 Å². The van der Waals surface area contributed by atoms with Gasteiger partial charge < -0.3 is 24.1 Å². The predicted octanol–water partition coefficient (Wildman–Crippen LogP) is 4.35. The van der Waals surface area contributed by atoms with Gasteiger partial charge in [0.2, 0.25) is 0 Å². The SMILES string of the molecule is CCS[C@]1(CO)O[C@H](CO[Si](c2ccccc2)(c2ccccc2)C(C)(C)C)[C@@H](O)[C@@H]1OCc1ccccc1. The predicted molar refractivity (Wildman–Crippen MR) is 157 cm³/mol. The van der Waals surface area contributed by atoms with Crippen LogP contribution in [0.15, 0.2) is 91.0 Å². The van der Waals surface area contributed by atoms with Gasteiger partial charge >= 0.3 is 0 Å². The highest BCUT2D eigenvalue weighted by atomic mass is 32.2. The maximum atomic E-state index is 11.5. The van der Waals surface area contributed by atoms with Gasteiger partial charge in [0.05, 0.1) is 19.8 Å². The molecule has 1 saturated heterocycles. The highest BCUT2D eigenvalue weighted by molar-refractivity contribution is 8.00. The fraction of sp³-hybridized carbons (Fsp3) is 0.419. The van der Waals surface area contributed by atoms with E-state index < -0.39 is 31.6 Å². The minimum absolute atomic E-state index is 0.186. The molecule has 0 aromatic heterocycles. The lowest BCUT2D eigenvalue weighted by molar-refractivity contribution is -0.0825. The van der Waals surface area contributed by atoms with Crippen molar-refractivity contribution in [3.8, 4) is 0 Å². The van der Waals surface area contributed by atoms with E-state index in [2.05, 4.69) is 69.3 Å². The second kappa shape index (κ2) is 12.5. The molecule has 0 aliphatic carbocycles. The third-order valence-corrected chi connectivity index (χ3v) is 13.5. The molecule has 0 unspecified atom stereocenters. The Morgan fingerprint density at radius 2 is 1.42 bits per heavy atom. The van der Waals surface area contributed by atoms with E-state index in [0.29, 0.717) is 12.4 Å². The second-order valence-electron chi connectivity index (χ2n) is 10.7. The summed E-state index contributed by atoms with van der Waals surface area (Å²) in [5.74, 6) is 0.709. The summed E-state index contributed by atoms with van der Waals surface area (Å²) >= 11 is 1.47. The molecule has 0 amide bonds. The van der Waals surface area contributed by atoms with E-state index in [0.717, 1.165) is 5.56 Å². The number of hydrogen-bond donors (Lipinski definition) is 2. The van der Waals surface area contributed by atoms with E-state index in [1.54, 1.807) is 0 Å². The van der Waals surface area contributed by atoms with Crippen molar-refractivity contribution >= 4 is 30.5 Å². The van der Waals surface area contributed by atoms with Crippen LogP contribution in [0.4, 0.5) is 0 Å². The van der Waals surface area contributed by atoms with E-state index in [1.807, 2.05) is 49.4 Å². The first kappa shape index (κ1) is 29.0. The number of rotatable bonds is 11. The molecule has 1 aliphatic rings. The summed E-state index contributed by atoms with van der Waals surface area (Å²) in [4.78, 5) is -1.07. The Morgan fingerprint density at radius 3 is 1.89 bits per heavy atom. The fourth-order valence-corrected chi connectivity index (χ4v) is 11.2. The summed E-state index contributed by atoms with van der Waals surface area (Å²) in [6.45, 7) is 8.92. The summed E-state index contributed by atoms with van der Waals surface area (Å²) in [6.07, 6.45) is -2.31. The summed E-state index contributed by atoms with van der Waals surface area (Å²) in [5.41, 5.74) is 1.00. The molecule has 3 aromatic rings. The Hall–Kier alpha value is -1.97. The number of thioether (sulfide) groups is 1. The van der Waals surface area contributed by atoms with E-state index in [1.165, 1.54) is 22.1 Å². The average molecular weight is 553 g/mol. The van der Waals surface area contributed by atoms with Crippen molar-refractivity contribution in [1.29, 1.82) is 0 Å². The van der Waals surface area contributed by atoms with Crippen LogP contribution < -0.4 is 10.4 Å². The quantitative estimate of drug-likeness (QED) is 0.345. The Morgan fingerprint density at radius 1 is 0.895 bits per heavy atom.